The third-order valence-corrected chi connectivity index (χ3v) is 4.90. The minimum absolute atomic E-state index is 0. The molecule has 0 fully saturated rings. The SMILES string of the molecule is CCNC(=NCc1cc(OC)c(OC)c(OC)c1)NCCCCN(C)c1ccccc1.I. The summed E-state index contributed by atoms with van der Waals surface area (Å²) in [5.41, 5.74) is 2.23. The van der Waals surface area contributed by atoms with Gasteiger partial charge in [-0.3, -0.25) is 0 Å². The van der Waals surface area contributed by atoms with Gasteiger partial charge in [-0.2, -0.15) is 0 Å². The molecule has 178 valence electrons. The molecule has 0 amide bonds. The molecule has 0 spiro atoms. The molecule has 0 saturated carbocycles. The Morgan fingerprint density at radius 1 is 0.938 bits per heavy atom. The van der Waals surface area contributed by atoms with Gasteiger partial charge in [0.05, 0.1) is 27.9 Å². The van der Waals surface area contributed by atoms with Gasteiger partial charge in [0.2, 0.25) is 5.75 Å². The summed E-state index contributed by atoms with van der Waals surface area (Å²) in [4.78, 5) is 6.98. The van der Waals surface area contributed by atoms with Crippen molar-refractivity contribution in [1.29, 1.82) is 0 Å². The molecule has 2 aromatic rings. The summed E-state index contributed by atoms with van der Waals surface area (Å²) in [6, 6.07) is 14.3. The van der Waals surface area contributed by atoms with Crippen LogP contribution in [0.25, 0.3) is 0 Å². The number of methoxy groups -OCH3 is 3. The maximum atomic E-state index is 5.43. The predicted octanol–water partition coefficient (Wildman–Crippen LogP) is 4.30. The van der Waals surface area contributed by atoms with Crippen molar-refractivity contribution in [2.75, 3.05) is 52.9 Å². The number of nitrogens with one attached hydrogen (secondary N) is 2. The van der Waals surface area contributed by atoms with Crippen LogP contribution < -0.4 is 29.7 Å². The number of nitrogens with zero attached hydrogens (tertiary/aromatic N) is 2. The van der Waals surface area contributed by atoms with E-state index in [1.165, 1.54) is 5.69 Å². The Morgan fingerprint density at radius 3 is 2.16 bits per heavy atom. The van der Waals surface area contributed by atoms with E-state index in [0.29, 0.717) is 23.8 Å². The lowest BCUT2D eigenvalue weighted by Gasteiger charge is -2.19. The van der Waals surface area contributed by atoms with E-state index in [9.17, 15) is 0 Å². The van der Waals surface area contributed by atoms with Crippen molar-refractivity contribution in [1.82, 2.24) is 10.6 Å². The van der Waals surface area contributed by atoms with Crippen molar-refractivity contribution in [3.63, 3.8) is 0 Å². The molecule has 0 unspecified atom stereocenters. The second-order valence-corrected chi connectivity index (χ2v) is 7.12. The summed E-state index contributed by atoms with van der Waals surface area (Å²) in [6.45, 7) is 5.25. The van der Waals surface area contributed by atoms with E-state index in [2.05, 4.69) is 53.8 Å². The summed E-state index contributed by atoms with van der Waals surface area (Å²) >= 11 is 0. The Bertz CT molecular complexity index is 793. The fourth-order valence-electron chi connectivity index (χ4n) is 3.23. The van der Waals surface area contributed by atoms with Crippen LogP contribution in [0.3, 0.4) is 0 Å². The lowest BCUT2D eigenvalue weighted by Crippen LogP contribution is -2.38. The first-order valence-electron chi connectivity index (χ1n) is 10.7. The van der Waals surface area contributed by atoms with Crippen molar-refractivity contribution in [3.8, 4) is 17.2 Å². The van der Waals surface area contributed by atoms with Gasteiger partial charge in [0.15, 0.2) is 17.5 Å². The minimum Gasteiger partial charge on any atom is -0.493 e. The van der Waals surface area contributed by atoms with E-state index in [0.717, 1.165) is 44.0 Å². The van der Waals surface area contributed by atoms with Gasteiger partial charge in [0.1, 0.15) is 0 Å². The number of benzene rings is 2. The van der Waals surface area contributed by atoms with Gasteiger partial charge in [0, 0.05) is 32.4 Å². The van der Waals surface area contributed by atoms with E-state index >= 15 is 0 Å². The zero-order valence-electron chi connectivity index (χ0n) is 19.8. The Kier molecular flexibility index (Phi) is 13.4. The molecular formula is C24H37IN4O3. The van der Waals surface area contributed by atoms with Crippen LogP contribution in [0.4, 0.5) is 5.69 Å². The van der Waals surface area contributed by atoms with Crippen LogP contribution in [-0.2, 0) is 6.54 Å². The van der Waals surface area contributed by atoms with Crippen molar-refractivity contribution >= 4 is 35.6 Å². The van der Waals surface area contributed by atoms with Gasteiger partial charge in [-0.15, -0.1) is 24.0 Å². The second kappa shape index (κ2) is 15.4. The third kappa shape index (κ3) is 8.64. The lowest BCUT2D eigenvalue weighted by molar-refractivity contribution is 0.324. The summed E-state index contributed by atoms with van der Waals surface area (Å²) in [7, 11) is 6.96. The summed E-state index contributed by atoms with van der Waals surface area (Å²) < 4.78 is 16.2. The van der Waals surface area contributed by atoms with Crippen molar-refractivity contribution < 1.29 is 14.2 Å². The highest BCUT2D eigenvalue weighted by molar-refractivity contribution is 14.0. The maximum Gasteiger partial charge on any atom is 0.203 e. The lowest BCUT2D eigenvalue weighted by atomic mass is 10.2. The first-order chi connectivity index (χ1) is 15.1. The summed E-state index contributed by atoms with van der Waals surface area (Å²) in [5, 5.41) is 6.72. The van der Waals surface area contributed by atoms with Gasteiger partial charge >= 0.3 is 0 Å². The molecular weight excluding hydrogens is 519 g/mol. The smallest absolute Gasteiger partial charge is 0.203 e. The number of anilines is 1. The van der Waals surface area contributed by atoms with Crippen LogP contribution in [0, 0.1) is 0 Å². The Labute approximate surface area is 209 Å². The molecule has 0 saturated heterocycles. The largest absolute Gasteiger partial charge is 0.493 e. The van der Waals surface area contributed by atoms with Crippen LogP contribution in [0.5, 0.6) is 17.2 Å². The summed E-state index contributed by atoms with van der Waals surface area (Å²) in [6.07, 6.45) is 2.16. The molecule has 0 bridgehead atoms. The van der Waals surface area contributed by atoms with E-state index < -0.39 is 0 Å². The quantitative estimate of drug-likeness (QED) is 0.176. The van der Waals surface area contributed by atoms with Crippen LogP contribution in [0.2, 0.25) is 0 Å². The van der Waals surface area contributed by atoms with Crippen molar-refractivity contribution in [3.05, 3.63) is 48.0 Å². The Hall–Kier alpha value is -2.36. The van der Waals surface area contributed by atoms with Gasteiger partial charge in [-0.1, -0.05) is 18.2 Å². The average molecular weight is 556 g/mol. The number of hydrogen-bond donors (Lipinski definition) is 2. The first kappa shape index (κ1) is 27.7. The molecule has 2 aromatic carbocycles. The molecule has 2 N–H and O–H groups in total. The number of hydrogen-bond acceptors (Lipinski definition) is 5. The molecule has 0 aromatic heterocycles. The van der Waals surface area contributed by atoms with Crippen LogP contribution in [0.15, 0.2) is 47.5 Å². The monoisotopic (exact) mass is 556 g/mol. The Balaban J connectivity index is 0.00000512. The normalized spacial score (nSPS) is 10.7. The molecule has 0 radical (unpaired) electrons. The zero-order valence-corrected chi connectivity index (χ0v) is 22.1. The summed E-state index contributed by atoms with van der Waals surface area (Å²) in [5.74, 6) is 2.65. The van der Waals surface area contributed by atoms with E-state index in [-0.39, 0.29) is 24.0 Å². The fraction of sp³-hybridized carbons (Fsp3) is 0.458. The van der Waals surface area contributed by atoms with Gasteiger partial charge in [-0.25, -0.2) is 4.99 Å². The van der Waals surface area contributed by atoms with Crippen LogP contribution in [0.1, 0.15) is 25.3 Å². The van der Waals surface area contributed by atoms with Crippen molar-refractivity contribution in [2.24, 2.45) is 4.99 Å². The molecule has 7 nitrogen and oxygen atoms in total. The molecule has 8 heteroatoms. The highest BCUT2D eigenvalue weighted by atomic mass is 127. The molecule has 0 aliphatic carbocycles. The maximum absolute atomic E-state index is 5.43. The molecule has 0 aliphatic heterocycles. The molecule has 0 heterocycles. The third-order valence-electron chi connectivity index (χ3n) is 4.90. The number of halogens is 1. The minimum atomic E-state index is 0. The molecule has 0 aliphatic rings. The van der Waals surface area contributed by atoms with Crippen LogP contribution in [-0.4, -0.2) is 54.0 Å². The number of rotatable bonds is 12. The predicted molar refractivity (Wildman–Crippen MR) is 143 cm³/mol. The highest BCUT2D eigenvalue weighted by Crippen LogP contribution is 2.38. The topological polar surface area (TPSA) is 67.4 Å². The fourth-order valence-corrected chi connectivity index (χ4v) is 3.23. The molecule has 2 rings (SSSR count). The molecule has 32 heavy (non-hydrogen) atoms. The second-order valence-electron chi connectivity index (χ2n) is 7.12. The highest BCUT2D eigenvalue weighted by Gasteiger charge is 2.13. The van der Waals surface area contributed by atoms with E-state index in [1.807, 2.05) is 18.2 Å². The number of ether oxygens (including phenoxy) is 3. The number of guanidine groups is 1. The number of aliphatic imine (C=N–C) groups is 1. The van der Waals surface area contributed by atoms with E-state index in [1.54, 1.807) is 21.3 Å². The number of para-hydroxylation sites is 1. The van der Waals surface area contributed by atoms with E-state index in [4.69, 9.17) is 19.2 Å². The van der Waals surface area contributed by atoms with Gasteiger partial charge in [-0.05, 0) is 49.6 Å². The van der Waals surface area contributed by atoms with Crippen LogP contribution >= 0.6 is 24.0 Å². The number of unbranched alkanes of at least 4 members (excludes halogenated alkanes) is 1. The van der Waals surface area contributed by atoms with Gasteiger partial charge in [0.25, 0.3) is 0 Å². The standard InChI is InChI=1S/C24H36N4O3.HI/c1-6-25-24(26-14-10-11-15-28(2)20-12-8-7-9-13-20)27-18-19-16-21(29-3)23(31-5)22(17-19)30-4;/h7-9,12-13,16-17H,6,10-11,14-15,18H2,1-5H3,(H2,25,26,27);1H. The van der Waals surface area contributed by atoms with Crippen molar-refractivity contribution in [2.45, 2.75) is 26.3 Å². The molecule has 0 atom stereocenters. The average Bonchev–Trinajstić information content (AvgIpc) is 2.81. The van der Waals surface area contributed by atoms with Gasteiger partial charge < -0.3 is 29.7 Å². The Morgan fingerprint density at radius 2 is 1.59 bits per heavy atom. The first-order valence-corrected chi connectivity index (χ1v) is 10.7. The zero-order chi connectivity index (χ0) is 22.5.